The minimum absolute atomic E-state index is 0.0539. The molecule has 0 aliphatic heterocycles. The quantitative estimate of drug-likeness (QED) is 0.807. The standard InChI is InChI=1S/C12H15N5O2/c1-9(7-17-5-3-4-15-17)16-11-10(12(18)19-2)6-13-8-14-11/h3-6,8-9H,7H2,1-2H3,(H,13,14,16). The van der Waals surface area contributed by atoms with E-state index in [9.17, 15) is 4.79 Å². The molecular weight excluding hydrogens is 246 g/mol. The molecule has 0 spiro atoms. The topological polar surface area (TPSA) is 81.9 Å². The zero-order valence-corrected chi connectivity index (χ0v) is 10.8. The highest BCUT2D eigenvalue weighted by atomic mass is 16.5. The molecule has 2 heterocycles. The lowest BCUT2D eigenvalue weighted by Crippen LogP contribution is -2.24. The van der Waals surface area contributed by atoms with Crippen LogP contribution < -0.4 is 5.32 Å². The Kier molecular flexibility index (Phi) is 4.07. The normalized spacial score (nSPS) is 11.9. The summed E-state index contributed by atoms with van der Waals surface area (Å²) in [6.07, 6.45) is 6.41. The first kappa shape index (κ1) is 13.0. The van der Waals surface area contributed by atoms with E-state index < -0.39 is 5.97 Å². The van der Waals surface area contributed by atoms with E-state index in [-0.39, 0.29) is 6.04 Å². The van der Waals surface area contributed by atoms with Crippen LogP contribution in [0.3, 0.4) is 0 Å². The van der Waals surface area contributed by atoms with E-state index in [2.05, 4.69) is 25.1 Å². The van der Waals surface area contributed by atoms with Gasteiger partial charge in [0.25, 0.3) is 0 Å². The number of hydrogen-bond donors (Lipinski definition) is 1. The maximum Gasteiger partial charge on any atom is 0.343 e. The first-order chi connectivity index (χ1) is 9.20. The molecule has 1 atom stereocenters. The number of nitrogens with zero attached hydrogens (tertiary/aromatic N) is 4. The van der Waals surface area contributed by atoms with Crippen LogP contribution in [-0.4, -0.2) is 38.9 Å². The van der Waals surface area contributed by atoms with Gasteiger partial charge < -0.3 is 10.1 Å². The SMILES string of the molecule is COC(=O)c1cncnc1NC(C)Cn1cccn1. The minimum Gasteiger partial charge on any atom is -0.465 e. The number of ether oxygens (including phenoxy) is 1. The van der Waals surface area contributed by atoms with E-state index in [0.717, 1.165) is 0 Å². The van der Waals surface area contributed by atoms with Crippen molar-refractivity contribution in [3.05, 3.63) is 36.5 Å². The molecule has 0 aromatic carbocycles. The van der Waals surface area contributed by atoms with Crippen molar-refractivity contribution < 1.29 is 9.53 Å². The summed E-state index contributed by atoms with van der Waals surface area (Å²) in [6, 6.07) is 1.91. The van der Waals surface area contributed by atoms with Gasteiger partial charge in [-0.2, -0.15) is 5.10 Å². The van der Waals surface area contributed by atoms with Crippen LogP contribution in [0.2, 0.25) is 0 Å². The second-order valence-electron chi connectivity index (χ2n) is 4.05. The molecule has 2 aromatic rings. The van der Waals surface area contributed by atoms with Crippen LogP contribution in [0.25, 0.3) is 0 Å². The van der Waals surface area contributed by atoms with Crippen LogP contribution in [-0.2, 0) is 11.3 Å². The molecule has 0 aliphatic carbocycles. The van der Waals surface area contributed by atoms with Gasteiger partial charge in [-0.1, -0.05) is 0 Å². The Morgan fingerprint density at radius 2 is 2.42 bits per heavy atom. The third-order valence-corrected chi connectivity index (χ3v) is 2.52. The Hall–Kier alpha value is -2.44. The fourth-order valence-electron chi connectivity index (χ4n) is 1.67. The summed E-state index contributed by atoms with van der Waals surface area (Å²) in [5.41, 5.74) is 0.317. The average Bonchev–Trinajstić information content (AvgIpc) is 2.91. The molecule has 1 unspecified atom stereocenters. The molecule has 1 N–H and O–H groups in total. The molecule has 19 heavy (non-hydrogen) atoms. The van der Waals surface area contributed by atoms with Gasteiger partial charge in [0.2, 0.25) is 0 Å². The van der Waals surface area contributed by atoms with E-state index in [1.807, 2.05) is 19.2 Å². The Morgan fingerprint density at radius 3 is 3.11 bits per heavy atom. The molecule has 7 nitrogen and oxygen atoms in total. The van der Waals surface area contributed by atoms with Gasteiger partial charge in [0.05, 0.1) is 13.7 Å². The van der Waals surface area contributed by atoms with Crippen molar-refractivity contribution in [3.8, 4) is 0 Å². The Bertz CT molecular complexity index is 541. The van der Waals surface area contributed by atoms with Crippen molar-refractivity contribution in [2.45, 2.75) is 19.5 Å². The highest BCUT2D eigenvalue weighted by Crippen LogP contribution is 2.12. The van der Waals surface area contributed by atoms with Crippen molar-refractivity contribution in [2.24, 2.45) is 0 Å². The molecule has 100 valence electrons. The molecule has 0 fully saturated rings. The predicted molar refractivity (Wildman–Crippen MR) is 68.7 cm³/mol. The molecule has 7 heteroatoms. The number of nitrogens with one attached hydrogen (secondary N) is 1. The molecule has 0 bridgehead atoms. The number of aromatic nitrogens is 4. The van der Waals surface area contributed by atoms with Gasteiger partial charge in [-0.25, -0.2) is 14.8 Å². The second kappa shape index (κ2) is 5.94. The molecule has 0 radical (unpaired) electrons. The van der Waals surface area contributed by atoms with Crippen molar-refractivity contribution >= 4 is 11.8 Å². The predicted octanol–water partition coefficient (Wildman–Crippen LogP) is 0.960. The smallest absolute Gasteiger partial charge is 0.343 e. The van der Waals surface area contributed by atoms with Gasteiger partial charge in [-0.05, 0) is 13.0 Å². The van der Waals surface area contributed by atoms with Crippen LogP contribution in [0, 0.1) is 0 Å². The first-order valence-electron chi connectivity index (χ1n) is 5.83. The highest BCUT2D eigenvalue weighted by Gasteiger charge is 2.15. The fourth-order valence-corrected chi connectivity index (χ4v) is 1.67. The third-order valence-electron chi connectivity index (χ3n) is 2.52. The van der Waals surface area contributed by atoms with Gasteiger partial charge in [0, 0.05) is 24.6 Å². The summed E-state index contributed by atoms with van der Waals surface area (Å²) >= 11 is 0. The molecule has 2 aromatic heterocycles. The summed E-state index contributed by atoms with van der Waals surface area (Å²) in [6.45, 7) is 2.64. The molecular formula is C12H15N5O2. The van der Waals surface area contributed by atoms with Crippen molar-refractivity contribution in [1.29, 1.82) is 0 Å². The summed E-state index contributed by atoms with van der Waals surface area (Å²) in [5, 5.41) is 7.28. The zero-order chi connectivity index (χ0) is 13.7. The maximum atomic E-state index is 11.6. The van der Waals surface area contributed by atoms with Crippen LogP contribution in [0.15, 0.2) is 31.0 Å². The second-order valence-corrected chi connectivity index (χ2v) is 4.05. The van der Waals surface area contributed by atoms with Crippen molar-refractivity contribution in [1.82, 2.24) is 19.7 Å². The summed E-state index contributed by atoms with van der Waals surface area (Å²) in [4.78, 5) is 19.5. The van der Waals surface area contributed by atoms with E-state index in [0.29, 0.717) is 17.9 Å². The first-order valence-corrected chi connectivity index (χ1v) is 5.83. The van der Waals surface area contributed by atoms with Crippen molar-refractivity contribution in [2.75, 3.05) is 12.4 Å². The Labute approximate surface area is 110 Å². The summed E-state index contributed by atoms with van der Waals surface area (Å²) in [7, 11) is 1.33. The molecule has 0 amide bonds. The van der Waals surface area contributed by atoms with Gasteiger partial charge >= 0.3 is 5.97 Å². The van der Waals surface area contributed by atoms with Crippen LogP contribution >= 0.6 is 0 Å². The van der Waals surface area contributed by atoms with E-state index in [1.54, 1.807) is 10.9 Å². The molecule has 0 saturated carbocycles. The van der Waals surface area contributed by atoms with E-state index in [4.69, 9.17) is 0 Å². The monoisotopic (exact) mass is 261 g/mol. The molecule has 0 aliphatic rings. The molecule has 2 rings (SSSR count). The lowest BCUT2D eigenvalue weighted by atomic mass is 10.2. The largest absolute Gasteiger partial charge is 0.465 e. The van der Waals surface area contributed by atoms with Gasteiger partial charge in [-0.3, -0.25) is 4.68 Å². The number of anilines is 1. The van der Waals surface area contributed by atoms with Gasteiger partial charge in [0.15, 0.2) is 0 Å². The number of rotatable bonds is 5. The number of esters is 1. The number of methoxy groups -OCH3 is 1. The van der Waals surface area contributed by atoms with Crippen LogP contribution in [0.5, 0.6) is 0 Å². The number of carbonyl (C=O) groups excluding carboxylic acids is 1. The number of hydrogen-bond acceptors (Lipinski definition) is 6. The Morgan fingerprint density at radius 1 is 1.58 bits per heavy atom. The molecule has 0 saturated heterocycles. The van der Waals surface area contributed by atoms with Gasteiger partial charge in [-0.15, -0.1) is 0 Å². The van der Waals surface area contributed by atoms with Gasteiger partial charge in [0.1, 0.15) is 17.7 Å². The maximum absolute atomic E-state index is 11.6. The summed E-state index contributed by atoms with van der Waals surface area (Å²) < 4.78 is 6.49. The average molecular weight is 261 g/mol. The van der Waals surface area contributed by atoms with Crippen LogP contribution in [0.1, 0.15) is 17.3 Å². The highest BCUT2D eigenvalue weighted by molar-refractivity contribution is 5.94. The summed E-state index contributed by atoms with van der Waals surface area (Å²) in [5.74, 6) is -0.00380. The van der Waals surface area contributed by atoms with Crippen LogP contribution in [0.4, 0.5) is 5.82 Å². The third kappa shape index (κ3) is 3.27. The van der Waals surface area contributed by atoms with Crippen molar-refractivity contribution in [3.63, 3.8) is 0 Å². The Balaban J connectivity index is 2.08. The van der Waals surface area contributed by atoms with E-state index >= 15 is 0 Å². The zero-order valence-electron chi connectivity index (χ0n) is 10.8. The fraction of sp³-hybridized carbons (Fsp3) is 0.333. The lowest BCUT2D eigenvalue weighted by Gasteiger charge is -2.16. The lowest BCUT2D eigenvalue weighted by molar-refractivity contribution is 0.0601. The number of carbonyl (C=O) groups is 1. The van der Waals surface area contributed by atoms with E-state index in [1.165, 1.54) is 19.6 Å². The minimum atomic E-state index is -0.464.